The number of halogens is 5. The van der Waals surface area contributed by atoms with Gasteiger partial charge in [-0.1, -0.05) is 17.7 Å². The number of aryl methyl sites for hydroxylation is 1. The Kier molecular flexibility index (Phi) is 7.40. The predicted molar refractivity (Wildman–Crippen MR) is 99.5 cm³/mol. The number of nitro groups is 1. The van der Waals surface area contributed by atoms with Crippen LogP contribution in [0.1, 0.15) is 24.1 Å². The van der Waals surface area contributed by atoms with E-state index in [0.29, 0.717) is 4.57 Å². The molecule has 0 radical (unpaired) electrons. The first kappa shape index (κ1) is 25.4. The highest BCUT2D eigenvalue weighted by Gasteiger charge is 2.56. The van der Waals surface area contributed by atoms with E-state index in [1.165, 1.54) is 24.3 Å². The second-order valence-electron chi connectivity index (χ2n) is 6.80. The maximum atomic E-state index is 13.0. The van der Waals surface area contributed by atoms with Crippen LogP contribution in [0.2, 0.25) is 0 Å². The number of ketones is 1. The van der Waals surface area contributed by atoms with Crippen LogP contribution in [-0.2, 0) is 32.2 Å². The zero-order valence-electron chi connectivity index (χ0n) is 16.4. The third-order valence-electron chi connectivity index (χ3n) is 4.37. The molecule has 0 aliphatic carbocycles. The highest BCUT2D eigenvalue weighted by molar-refractivity contribution is 7.86. The first-order chi connectivity index (χ1) is 14.6. The van der Waals surface area contributed by atoms with E-state index in [2.05, 4.69) is 0 Å². The van der Waals surface area contributed by atoms with Crippen LogP contribution in [0.3, 0.4) is 0 Å². The van der Waals surface area contributed by atoms with E-state index in [1.807, 2.05) is 0 Å². The maximum absolute atomic E-state index is 13.0. The number of nitrogens with zero attached hydrogens (tertiary/aromatic N) is 2. The van der Waals surface area contributed by atoms with E-state index >= 15 is 0 Å². The maximum Gasteiger partial charge on any atom is 0.453 e. The molecule has 1 aromatic heterocycles. The summed E-state index contributed by atoms with van der Waals surface area (Å²) >= 11 is 0. The van der Waals surface area contributed by atoms with Crippen LogP contribution in [0.25, 0.3) is 0 Å². The van der Waals surface area contributed by atoms with E-state index in [-0.39, 0.29) is 10.6 Å². The van der Waals surface area contributed by atoms with Gasteiger partial charge in [0.15, 0.2) is 5.78 Å². The second-order valence-corrected chi connectivity index (χ2v) is 8.41. The van der Waals surface area contributed by atoms with Gasteiger partial charge >= 0.3 is 17.9 Å². The Labute approximate surface area is 178 Å². The molecule has 8 nitrogen and oxygen atoms in total. The summed E-state index contributed by atoms with van der Waals surface area (Å²) in [6, 6.07) is 7.58. The average molecular weight is 484 g/mol. The molecule has 2 aromatic rings. The van der Waals surface area contributed by atoms with Gasteiger partial charge in [0, 0.05) is 18.9 Å². The van der Waals surface area contributed by atoms with E-state index in [9.17, 15) is 45.3 Å². The molecule has 0 saturated carbocycles. The Morgan fingerprint density at radius 1 is 1.09 bits per heavy atom. The molecular weight excluding hydrogens is 467 g/mol. The fourth-order valence-corrected chi connectivity index (χ4v) is 3.45. The van der Waals surface area contributed by atoms with Gasteiger partial charge in [0.25, 0.3) is 10.1 Å². The molecule has 176 valence electrons. The van der Waals surface area contributed by atoms with Gasteiger partial charge in [-0.15, -0.1) is 0 Å². The average Bonchev–Trinajstić information content (AvgIpc) is 3.07. The number of rotatable bonds is 10. The number of Topliss-reactive ketones (excluding diaryl/α,β-unsaturated/α-hetero) is 1. The fourth-order valence-electron chi connectivity index (χ4n) is 2.57. The van der Waals surface area contributed by atoms with Gasteiger partial charge < -0.3 is 10.1 Å². The zero-order chi connectivity index (χ0) is 24.3. The first-order valence-electron chi connectivity index (χ1n) is 8.89. The minimum atomic E-state index is -5.84. The normalized spacial score (nSPS) is 12.7. The van der Waals surface area contributed by atoms with Crippen LogP contribution in [0, 0.1) is 17.0 Å². The van der Waals surface area contributed by atoms with Crippen molar-refractivity contribution in [1.29, 1.82) is 0 Å². The van der Waals surface area contributed by atoms with E-state index in [4.69, 9.17) is 4.18 Å². The molecule has 1 aromatic carbocycles. The molecule has 0 N–H and O–H groups in total. The third kappa shape index (κ3) is 6.09. The standard InChI is InChI=1S/C18H17F5N2O6S/c1-12-2-5-15(6-3-12)32(29,30)31-11-13-4-7-16(25(27)28)24(13)10-14(26)8-9-17(19,20)18(21,22)23/h2-7H,8-11H2,1H3. The lowest BCUT2D eigenvalue weighted by atomic mass is 10.1. The van der Waals surface area contributed by atoms with Crippen molar-refractivity contribution in [3.05, 3.63) is 57.8 Å². The Morgan fingerprint density at radius 2 is 1.69 bits per heavy atom. The molecule has 14 heteroatoms. The van der Waals surface area contributed by atoms with Gasteiger partial charge in [0.2, 0.25) is 0 Å². The molecule has 1 heterocycles. The molecule has 32 heavy (non-hydrogen) atoms. The number of hydrogen-bond donors (Lipinski definition) is 0. The minimum absolute atomic E-state index is 0.164. The largest absolute Gasteiger partial charge is 0.453 e. The van der Waals surface area contributed by atoms with Crippen molar-refractivity contribution in [3.63, 3.8) is 0 Å². The van der Waals surface area contributed by atoms with Crippen molar-refractivity contribution < 1.29 is 44.3 Å². The van der Waals surface area contributed by atoms with Crippen LogP contribution in [0.15, 0.2) is 41.3 Å². The molecule has 0 bridgehead atoms. The van der Waals surface area contributed by atoms with E-state index in [0.717, 1.165) is 17.7 Å². The summed E-state index contributed by atoms with van der Waals surface area (Å²) in [5.41, 5.74) is 0.617. The molecule has 0 spiro atoms. The number of carbonyl (C=O) groups is 1. The second kappa shape index (κ2) is 9.32. The monoisotopic (exact) mass is 484 g/mol. The van der Waals surface area contributed by atoms with E-state index < -0.39 is 64.7 Å². The SMILES string of the molecule is Cc1ccc(S(=O)(=O)OCc2ccc([N+](=O)[O-])n2CC(=O)CCC(F)(F)C(F)(F)F)cc1. The Morgan fingerprint density at radius 3 is 2.22 bits per heavy atom. The lowest BCUT2D eigenvalue weighted by Crippen LogP contribution is -2.36. The predicted octanol–water partition coefficient (Wildman–Crippen LogP) is 4.16. The summed E-state index contributed by atoms with van der Waals surface area (Å²) < 4.78 is 92.9. The number of alkyl halides is 5. The van der Waals surface area contributed by atoms with Crippen molar-refractivity contribution >= 4 is 21.7 Å². The van der Waals surface area contributed by atoms with Crippen LogP contribution in [-0.4, -0.2) is 35.8 Å². The van der Waals surface area contributed by atoms with Crippen LogP contribution < -0.4 is 0 Å². The number of benzene rings is 1. The fraction of sp³-hybridized carbons (Fsp3) is 0.389. The van der Waals surface area contributed by atoms with Gasteiger partial charge in [-0.25, -0.2) is 4.57 Å². The lowest BCUT2D eigenvalue weighted by Gasteiger charge is -2.18. The van der Waals surface area contributed by atoms with Crippen LogP contribution >= 0.6 is 0 Å². The van der Waals surface area contributed by atoms with Gasteiger partial charge in [0.05, 0.1) is 4.90 Å². The molecule has 0 unspecified atom stereocenters. The number of aromatic nitrogens is 1. The van der Waals surface area contributed by atoms with Gasteiger partial charge in [0.1, 0.15) is 18.8 Å². The van der Waals surface area contributed by atoms with Crippen LogP contribution in [0.5, 0.6) is 0 Å². The molecule has 0 aliphatic rings. The topological polar surface area (TPSA) is 109 Å². The highest BCUT2D eigenvalue weighted by atomic mass is 32.2. The zero-order valence-corrected chi connectivity index (χ0v) is 17.3. The lowest BCUT2D eigenvalue weighted by molar-refractivity contribution is -0.392. The molecule has 0 saturated heterocycles. The van der Waals surface area contributed by atoms with Crippen LogP contribution in [0.4, 0.5) is 27.8 Å². The molecular formula is C18H17F5N2O6S. The van der Waals surface area contributed by atoms with E-state index in [1.54, 1.807) is 6.92 Å². The molecule has 0 amide bonds. The smallest absolute Gasteiger partial charge is 0.358 e. The van der Waals surface area contributed by atoms with Gasteiger partial charge in [-0.05, 0) is 30.0 Å². The van der Waals surface area contributed by atoms with Crippen molar-refractivity contribution in [1.82, 2.24) is 4.57 Å². The quantitative estimate of drug-likeness (QED) is 0.217. The highest BCUT2D eigenvalue weighted by Crippen LogP contribution is 2.39. The summed E-state index contributed by atoms with van der Waals surface area (Å²) in [5, 5.41) is 11.2. The summed E-state index contributed by atoms with van der Waals surface area (Å²) in [6.45, 7) is 0.0709. The number of carbonyl (C=O) groups excluding carboxylic acids is 1. The Hall–Kier alpha value is -2.87. The number of hydrogen-bond acceptors (Lipinski definition) is 6. The molecule has 0 fully saturated rings. The van der Waals surface area contributed by atoms with Crippen molar-refractivity contribution in [2.75, 3.05) is 0 Å². The summed E-state index contributed by atoms with van der Waals surface area (Å²) in [7, 11) is -4.27. The minimum Gasteiger partial charge on any atom is -0.358 e. The summed E-state index contributed by atoms with van der Waals surface area (Å²) in [6.07, 6.45) is -8.86. The summed E-state index contributed by atoms with van der Waals surface area (Å²) in [5.74, 6) is -6.93. The third-order valence-corrected chi connectivity index (χ3v) is 5.65. The van der Waals surface area contributed by atoms with Gasteiger partial charge in [-0.3, -0.25) is 8.98 Å². The Balaban J connectivity index is 2.16. The molecule has 0 atom stereocenters. The van der Waals surface area contributed by atoms with Crippen molar-refractivity contribution in [3.8, 4) is 0 Å². The van der Waals surface area contributed by atoms with Gasteiger partial charge in [-0.2, -0.15) is 30.4 Å². The Bertz CT molecular complexity index is 1090. The molecule has 0 aliphatic heterocycles. The van der Waals surface area contributed by atoms with Crippen molar-refractivity contribution in [2.24, 2.45) is 0 Å². The summed E-state index contributed by atoms with van der Waals surface area (Å²) in [4.78, 5) is 22.0. The molecule has 2 rings (SSSR count). The van der Waals surface area contributed by atoms with Crippen molar-refractivity contribution in [2.45, 2.75) is 49.9 Å². The first-order valence-corrected chi connectivity index (χ1v) is 10.3.